The molecule has 0 aromatic heterocycles. The van der Waals surface area contributed by atoms with E-state index in [9.17, 15) is 4.79 Å². The third kappa shape index (κ3) is 3.88. The van der Waals surface area contributed by atoms with Gasteiger partial charge in [0, 0.05) is 0 Å². The van der Waals surface area contributed by atoms with Crippen LogP contribution in [0.4, 0.5) is 5.69 Å². The summed E-state index contributed by atoms with van der Waals surface area (Å²) < 4.78 is 0. The van der Waals surface area contributed by atoms with Gasteiger partial charge >= 0.3 is 0 Å². The standard InChI is InChI=1S/C25H37N3O/c1-19-11-13-20(14-12-19)28-22(26-24(2,3)4)21(27-17-9-6-10-18-27)25(23(28)29)15-7-5-8-16-25/h11-14,21H,5-10,15-18H2,1-4H3. The van der Waals surface area contributed by atoms with Gasteiger partial charge in [-0.3, -0.25) is 19.6 Å². The molecular weight excluding hydrogens is 358 g/mol. The van der Waals surface area contributed by atoms with Gasteiger partial charge in [-0.2, -0.15) is 0 Å². The van der Waals surface area contributed by atoms with Crippen molar-refractivity contribution in [2.75, 3.05) is 18.0 Å². The van der Waals surface area contributed by atoms with Crippen molar-refractivity contribution < 1.29 is 4.79 Å². The number of carbonyl (C=O) groups excluding carboxylic acids is 1. The SMILES string of the molecule is Cc1ccc(N2C(=O)C3(CCCCC3)C(N3CCCCC3)C2=NC(C)(C)C)cc1. The first-order valence-electron chi connectivity index (χ1n) is 11.6. The number of rotatable bonds is 2. The Labute approximate surface area is 176 Å². The highest BCUT2D eigenvalue weighted by atomic mass is 16.2. The van der Waals surface area contributed by atoms with E-state index in [1.54, 1.807) is 0 Å². The van der Waals surface area contributed by atoms with Gasteiger partial charge in [-0.25, -0.2) is 0 Å². The molecule has 0 bridgehead atoms. The first kappa shape index (κ1) is 20.6. The monoisotopic (exact) mass is 395 g/mol. The van der Waals surface area contributed by atoms with Gasteiger partial charge in [0.2, 0.25) is 5.91 Å². The van der Waals surface area contributed by atoms with Crippen LogP contribution in [0.1, 0.15) is 77.7 Å². The average Bonchev–Trinajstić information content (AvgIpc) is 2.90. The van der Waals surface area contributed by atoms with E-state index in [0.29, 0.717) is 5.91 Å². The molecule has 2 aliphatic heterocycles. The average molecular weight is 396 g/mol. The zero-order chi connectivity index (χ0) is 20.6. The van der Waals surface area contributed by atoms with Crippen molar-refractivity contribution in [2.45, 2.75) is 90.6 Å². The van der Waals surface area contributed by atoms with Crippen LogP contribution in [0, 0.1) is 12.3 Å². The van der Waals surface area contributed by atoms with Crippen LogP contribution in [-0.2, 0) is 4.79 Å². The van der Waals surface area contributed by atoms with Gasteiger partial charge in [-0.05, 0) is 78.6 Å². The number of aryl methyl sites for hydroxylation is 1. The van der Waals surface area contributed by atoms with E-state index in [4.69, 9.17) is 4.99 Å². The van der Waals surface area contributed by atoms with Crippen molar-refractivity contribution >= 4 is 17.4 Å². The van der Waals surface area contributed by atoms with E-state index in [-0.39, 0.29) is 17.0 Å². The number of likely N-dealkylation sites (tertiary alicyclic amines) is 1. The number of carbonyl (C=O) groups is 1. The maximum Gasteiger partial charge on any atom is 0.240 e. The summed E-state index contributed by atoms with van der Waals surface area (Å²) >= 11 is 0. The molecule has 1 saturated carbocycles. The molecule has 1 aromatic carbocycles. The predicted octanol–water partition coefficient (Wildman–Crippen LogP) is 5.34. The number of aliphatic imine (C=N–C) groups is 1. The third-order valence-electron chi connectivity index (χ3n) is 6.87. The summed E-state index contributed by atoms with van der Waals surface area (Å²) in [7, 11) is 0. The van der Waals surface area contributed by atoms with Crippen LogP contribution in [0.5, 0.6) is 0 Å². The fourth-order valence-corrected chi connectivity index (χ4v) is 5.57. The molecule has 29 heavy (non-hydrogen) atoms. The van der Waals surface area contributed by atoms with E-state index in [0.717, 1.165) is 50.3 Å². The normalized spacial score (nSPS) is 27.2. The van der Waals surface area contributed by atoms with Crippen molar-refractivity contribution in [2.24, 2.45) is 10.4 Å². The lowest BCUT2D eigenvalue weighted by atomic mass is 9.69. The van der Waals surface area contributed by atoms with Gasteiger partial charge in [0.1, 0.15) is 5.84 Å². The lowest BCUT2D eigenvalue weighted by Gasteiger charge is -2.43. The van der Waals surface area contributed by atoms with Crippen molar-refractivity contribution in [1.29, 1.82) is 0 Å². The minimum Gasteiger partial charge on any atom is -0.293 e. The van der Waals surface area contributed by atoms with Crippen molar-refractivity contribution in [1.82, 2.24) is 4.90 Å². The van der Waals surface area contributed by atoms with Crippen LogP contribution >= 0.6 is 0 Å². The highest BCUT2D eigenvalue weighted by molar-refractivity contribution is 6.27. The zero-order valence-corrected chi connectivity index (χ0v) is 18.7. The van der Waals surface area contributed by atoms with Crippen LogP contribution in [0.15, 0.2) is 29.3 Å². The van der Waals surface area contributed by atoms with Gasteiger partial charge in [0.25, 0.3) is 0 Å². The molecule has 4 heteroatoms. The molecule has 2 heterocycles. The molecule has 0 radical (unpaired) electrons. The fourth-order valence-electron chi connectivity index (χ4n) is 5.57. The first-order valence-corrected chi connectivity index (χ1v) is 11.6. The molecule has 1 unspecified atom stereocenters. The number of piperidine rings is 1. The van der Waals surface area contributed by atoms with Crippen LogP contribution in [0.3, 0.4) is 0 Å². The molecular formula is C25H37N3O. The Hall–Kier alpha value is -1.68. The summed E-state index contributed by atoms with van der Waals surface area (Å²) in [5.41, 5.74) is 1.68. The number of hydrogen-bond donors (Lipinski definition) is 0. The summed E-state index contributed by atoms with van der Waals surface area (Å²) in [6.07, 6.45) is 9.32. The molecule has 1 spiro atoms. The summed E-state index contributed by atoms with van der Waals surface area (Å²) in [5, 5.41) is 0. The minimum absolute atomic E-state index is 0.121. The second kappa shape index (κ2) is 7.86. The Morgan fingerprint density at radius 2 is 1.52 bits per heavy atom. The number of nitrogens with zero attached hydrogens (tertiary/aromatic N) is 3. The number of benzene rings is 1. The molecule has 0 N–H and O–H groups in total. The lowest BCUT2D eigenvalue weighted by Crippen LogP contribution is -2.53. The first-order chi connectivity index (χ1) is 13.8. The summed E-state index contributed by atoms with van der Waals surface area (Å²) in [5.74, 6) is 1.29. The number of amidine groups is 1. The minimum atomic E-state index is -0.301. The second-order valence-corrected chi connectivity index (χ2v) is 10.3. The summed E-state index contributed by atoms with van der Waals surface area (Å²) in [6.45, 7) is 10.7. The van der Waals surface area contributed by atoms with Crippen LogP contribution in [0.25, 0.3) is 0 Å². The number of hydrogen-bond acceptors (Lipinski definition) is 3. The highest BCUT2D eigenvalue weighted by Gasteiger charge is 2.60. The molecule has 4 rings (SSSR count). The second-order valence-electron chi connectivity index (χ2n) is 10.3. The smallest absolute Gasteiger partial charge is 0.240 e. The Kier molecular flexibility index (Phi) is 5.58. The Morgan fingerprint density at radius 3 is 2.10 bits per heavy atom. The Balaban J connectivity index is 1.86. The maximum absolute atomic E-state index is 14.1. The molecule has 4 nitrogen and oxygen atoms in total. The van der Waals surface area contributed by atoms with E-state index in [1.165, 1.54) is 31.2 Å². The topological polar surface area (TPSA) is 35.9 Å². The van der Waals surface area contributed by atoms with Crippen molar-refractivity contribution in [3.05, 3.63) is 29.8 Å². The number of anilines is 1. The molecule has 2 saturated heterocycles. The number of amides is 1. The Morgan fingerprint density at radius 1 is 0.931 bits per heavy atom. The van der Waals surface area contributed by atoms with Crippen molar-refractivity contribution in [3.63, 3.8) is 0 Å². The van der Waals surface area contributed by atoms with E-state index in [1.807, 2.05) is 4.90 Å². The quantitative estimate of drug-likeness (QED) is 0.677. The molecule has 1 atom stereocenters. The molecule has 3 fully saturated rings. The Bertz CT molecular complexity index is 762. The van der Waals surface area contributed by atoms with Crippen LogP contribution in [-0.4, -0.2) is 41.3 Å². The lowest BCUT2D eigenvalue weighted by molar-refractivity contribution is -0.130. The van der Waals surface area contributed by atoms with Gasteiger partial charge in [0.05, 0.1) is 22.7 Å². The zero-order valence-electron chi connectivity index (χ0n) is 18.7. The predicted molar refractivity (Wildman–Crippen MR) is 121 cm³/mol. The van der Waals surface area contributed by atoms with Gasteiger partial charge in [-0.1, -0.05) is 43.4 Å². The van der Waals surface area contributed by atoms with Crippen molar-refractivity contribution in [3.8, 4) is 0 Å². The molecule has 1 aromatic rings. The van der Waals surface area contributed by atoms with E-state index in [2.05, 4.69) is 56.9 Å². The van der Waals surface area contributed by atoms with Crippen LogP contribution in [0.2, 0.25) is 0 Å². The molecule has 1 aliphatic carbocycles. The van der Waals surface area contributed by atoms with Crippen LogP contribution < -0.4 is 4.90 Å². The largest absolute Gasteiger partial charge is 0.293 e. The molecule has 158 valence electrons. The van der Waals surface area contributed by atoms with E-state index >= 15 is 0 Å². The summed E-state index contributed by atoms with van der Waals surface area (Å²) in [4.78, 5) is 24.0. The van der Waals surface area contributed by atoms with Gasteiger partial charge in [0.15, 0.2) is 0 Å². The fraction of sp³-hybridized carbons (Fsp3) is 0.680. The summed E-state index contributed by atoms with van der Waals surface area (Å²) in [6, 6.07) is 8.54. The maximum atomic E-state index is 14.1. The van der Waals surface area contributed by atoms with Gasteiger partial charge < -0.3 is 0 Å². The van der Waals surface area contributed by atoms with E-state index < -0.39 is 0 Å². The third-order valence-corrected chi connectivity index (χ3v) is 6.87. The molecule has 1 amide bonds. The highest BCUT2D eigenvalue weighted by Crippen LogP contribution is 2.50. The van der Waals surface area contributed by atoms with Gasteiger partial charge in [-0.15, -0.1) is 0 Å². The molecule has 3 aliphatic rings.